The third-order valence-electron chi connectivity index (χ3n) is 5.05. The van der Waals surface area contributed by atoms with Crippen LogP contribution in [0.1, 0.15) is 35.8 Å². The molecule has 3 aromatic carbocycles. The minimum atomic E-state index is -0.507. The molecule has 0 fully saturated rings. The Morgan fingerprint density at radius 1 is 0.968 bits per heavy atom. The average molecular weight is 548 g/mol. The molecule has 0 saturated carbocycles. The van der Waals surface area contributed by atoms with Gasteiger partial charge in [0.2, 0.25) is 0 Å². The van der Waals surface area contributed by atoms with Crippen LogP contribution in [0, 0.1) is 5.82 Å². The lowest BCUT2D eigenvalue weighted by Crippen LogP contribution is -2.40. The highest BCUT2D eigenvalue weighted by atomic mass is 79.9. The summed E-state index contributed by atoms with van der Waals surface area (Å²) in [7, 11) is 0. The zero-order chi connectivity index (χ0) is 22.0. The number of phenolic OH excluding ortho intramolecular Hbond substituents is 1. The molecule has 160 valence electrons. The fraction of sp³-hybridized carbons (Fsp3) is 0.167. The Morgan fingerprint density at radius 3 is 2.35 bits per heavy atom. The summed E-state index contributed by atoms with van der Waals surface area (Å²) in [5, 5.41) is 17.3. The summed E-state index contributed by atoms with van der Waals surface area (Å²) in [5.74, 6) is 0.633. The first kappa shape index (κ1) is 21.9. The summed E-state index contributed by atoms with van der Waals surface area (Å²) in [5.41, 5.74) is 2.94. The van der Waals surface area contributed by atoms with E-state index in [9.17, 15) is 9.50 Å². The molecule has 0 bridgehead atoms. The smallest absolute Gasteiger partial charge is 0.129 e. The van der Waals surface area contributed by atoms with Crippen LogP contribution in [0.4, 0.5) is 4.39 Å². The third kappa shape index (κ3) is 4.95. The van der Waals surface area contributed by atoms with Crippen LogP contribution in [0.25, 0.3) is 5.70 Å². The van der Waals surface area contributed by atoms with Crippen LogP contribution in [0.3, 0.4) is 0 Å². The average Bonchev–Trinajstić information content (AvgIpc) is 2.77. The second-order valence-corrected chi connectivity index (χ2v) is 8.96. The number of aromatic hydroxyl groups is 1. The molecule has 31 heavy (non-hydrogen) atoms. The Bertz CT molecular complexity index is 1120. The van der Waals surface area contributed by atoms with Crippen LogP contribution in [0.15, 0.2) is 75.7 Å². The van der Waals surface area contributed by atoms with E-state index in [-0.39, 0.29) is 17.6 Å². The van der Waals surface area contributed by atoms with Crippen molar-refractivity contribution in [3.05, 3.63) is 98.2 Å². The number of benzene rings is 3. The molecule has 3 N–H and O–H groups in total. The summed E-state index contributed by atoms with van der Waals surface area (Å²) in [4.78, 5) is 0. The maximum atomic E-state index is 14.7. The Balaban J connectivity index is 1.77. The summed E-state index contributed by atoms with van der Waals surface area (Å²) in [6.07, 6.45) is 1.48. The number of rotatable bonds is 5. The van der Waals surface area contributed by atoms with E-state index in [0.29, 0.717) is 17.7 Å². The second kappa shape index (κ2) is 9.42. The molecule has 0 aliphatic carbocycles. The lowest BCUT2D eigenvalue weighted by molar-refractivity contribution is 0.340. The standard InChI is InChI=1S/C24H21Br2FN2O2/c1-2-31-17-7-3-14(4-8-17)21-13-22(19-12-16(26)6-10-23(19)30)29-24(28-21)18-11-15(25)5-9-20(18)27/h3-13,22,24,28-30H,2H2,1H3. The van der Waals surface area contributed by atoms with Crippen molar-refractivity contribution < 1.29 is 14.2 Å². The van der Waals surface area contributed by atoms with E-state index in [1.54, 1.807) is 24.3 Å². The Hall–Kier alpha value is -2.35. The summed E-state index contributed by atoms with van der Waals surface area (Å²) >= 11 is 6.90. The maximum absolute atomic E-state index is 14.7. The van der Waals surface area contributed by atoms with Gasteiger partial charge in [-0.05, 0) is 79.2 Å². The van der Waals surface area contributed by atoms with Crippen molar-refractivity contribution in [2.24, 2.45) is 0 Å². The van der Waals surface area contributed by atoms with Gasteiger partial charge in [0.05, 0.1) is 12.6 Å². The molecule has 1 heterocycles. The summed E-state index contributed by atoms with van der Waals surface area (Å²) in [6.45, 7) is 2.54. The molecule has 4 nitrogen and oxygen atoms in total. The molecule has 1 aliphatic rings. The van der Waals surface area contributed by atoms with Gasteiger partial charge >= 0.3 is 0 Å². The lowest BCUT2D eigenvalue weighted by Gasteiger charge is -2.33. The normalized spacial score (nSPS) is 18.3. The second-order valence-electron chi connectivity index (χ2n) is 7.13. The van der Waals surface area contributed by atoms with Crippen molar-refractivity contribution in [2.75, 3.05) is 6.61 Å². The van der Waals surface area contributed by atoms with Crippen LogP contribution in [0.5, 0.6) is 11.5 Å². The van der Waals surface area contributed by atoms with Crippen LogP contribution < -0.4 is 15.4 Å². The van der Waals surface area contributed by atoms with E-state index in [2.05, 4.69) is 42.5 Å². The zero-order valence-corrected chi connectivity index (χ0v) is 19.9. The molecular weight excluding hydrogens is 527 g/mol. The summed E-state index contributed by atoms with van der Waals surface area (Å²) in [6, 6.07) is 17.5. The predicted molar refractivity (Wildman–Crippen MR) is 127 cm³/mol. The van der Waals surface area contributed by atoms with Gasteiger partial charge in [-0.1, -0.05) is 31.9 Å². The molecule has 0 radical (unpaired) electrons. The van der Waals surface area contributed by atoms with Crippen molar-refractivity contribution in [3.8, 4) is 11.5 Å². The van der Waals surface area contributed by atoms with Crippen LogP contribution in [-0.4, -0.2) is 11.7 Å². The van der Waals surface area contributed by atoms with Gasteiger partial charge in [-0.2, -0.15) is 0 Å². The van der Waals surface area contributed by atoms with Gasteiger partial charge in [0.25, 0.3) is 0 Å². The van der Waals surface area contributed by atoms with Gasteiger partial charge in [0.1, 0.15) is 23.5 Å². The third-order valence-corrected chi connectivity index (χ3v) is 6.04. The van der Waals surface area contributed by atoms with E-state index in [0.717, 1.165) is 26.0 Å². The van der Waals surface area contributed by atoms with Gasteiger partial charge in [-0.3, -0.25) is 5.32 Å². The first-order chi connectivity index (χ1) is 14.9. The molecule has 2 atom stereocenters. The van der Waals surface area contributed by atoms with Gasteiger partial charge in [0.15, 0.2) is 0 Å². The van der Waals surface area contributed by atoms with Crippen molar-refractivity contribution in [1.29, 1.82) is 0 Å². The highest BCUT2D eigenvalue weighted by molar-refractivity contribution is 9.10. The number of phenols is 1. The fourth-order valence-corrected chi connectivity index (χ4v) is 4.33. The van der Waals surface area contributed by atoms with Gasteiger partial charge in [-0.25, -0.2) is 4.39 Å². The van der Waals surface area contributed by atoms with E-state index < -0.39 is 6.17 Å². The largest absolute Gasteiger partial charge is 0.508 e. The molecule has 7 heteroatoms. The minimum Gasteiger partial charge on any atom is -0.508 e. The quantitative estimate of drug-likeness (QED) is 0.344. The molecular formula is C24H21Br2FN2O2. The molecule has 0 saturated heterocycles. The number of halogens is 3. The van der Waals surface area contributed by atoms with Gasteiger partial charge in [-0.15, -0.1) is 0 Å². The maximum Gasteiger partial charge on any atom is 0.129 e. The molecule has 1 aliphatic heterocycles. The first-order valence-corrected chi connectivity index (χ1v) is 11.4. The van der Waals surface area contributed by atoms with Crippen LogP contribution >= 0.6 is 31.9 Å². The molecule has 4 rings (SSSR count). The predicted octanol–water partition coefficient (Wildman–Crippen LogP) is 6.43. The Morgan fingerprint density at radius 2 is 1.65 bits per heavy atom. The van der Waals surface area contributed by atoms with Crippen LogP contribution in [-0.2, 0) is 0 Å². The van der Waals surface area contributed by atoms with Gasteiger partial charge < -0.3 is 15.2 Å². The van der Waals surface area contributed by atoms with Crippen LogP contribution in [0.2, 0.25) is 0 Å². The van der Waals surface area contributed by atoms with E-state index in [1.165, 1.54) is 6.07 Å². The number of hydrogen-bond acceptors (Lipinski definition) is 4. The highest BCUT2D eigenvalue weighted by Crippen LogP contribution is 2.36. The van der Waals surface area contributed by atoms with Crippen molar-refractivity contribution in [3.63, 3.8) is 0 Å². The highest BCUT2D eigenvalue weighted by Gasteiger charge is 2.27. The molecule has 0 amide bonds. The van der Waals surface area contributed by atoms with Gasteiger partial charge in [0, 0.05) is 25.8 Å². The molecule has 3 aromatic rings. The topological polar surface area (TPSA) is 53.5 Å². The first-order valence-electron chi connectivity index (χ1n) is 9.85. The monoisotopic (exact) mass is 546 g/mol. The number of hydrogen-bond donors (Lipinski definition) is 3. The van der Waals surface area contributed by atoms with Crippen molar-refractivity contribution in [1.82, 2.24) is 10.6 Å². The number of ether oxygens (including phenoxy) is 1. The van der Waals surface area contributed by atoms with Crippen molar-refractivity contribution >= 4 is 37.6 Å². The Kier molecular flexibility index (Phi) is 6.65. The summed E-state index contributed by atoms with van der Waals surface area (Å²) < 4.78 is 21.9. The SMILES string of the molecule is CCOc1ccc(C2=CC(c3cc(Br)ccc3O)NC(c3cc(Br)ccc3F)N2)cc1. The van der Waals surface area contributed by atoms with E-state index >= 15 is 0 Å². The lowest BCUT2D eigenvalue weighted by atomic mass is 9.97. The Labute approximate surface area is 197 Å². The molecule has 0 spiro atoms. The van der Waals surface area contributed by atoms with E-state index in [4.69, 9.17) is 4.74 Å². The molecule has 0 aromatic heterocycles. The molecule has 2 unspecified atom stereocenters. The number of nitrogens with one attached hydrogen (secondary N) is 2. The zero-order valence-electron chi connectivity index (χ0n) is 16.7. The van der Waals surface area contributed by atoms with E-state index in [1.807, 2.05) is 43.3 Å². The van der Waals surface area contributed by atoms with Crippen molar-refractivity contribution in [2.45, 2.75) is 19.1 Å². The minimum absolute atomic E-state index is 0.165. The fourth-order valence-electron chi connectivity index (χ4n) is 3.57.